The molecule has 0 saturated carbocycles. The maximum absolute atomic E-state index is 13.9. The summed E-state index contributed by atoms with van der Waals surface area (Å²) < 4.78 is 23.5. The normalized spacial score (nSPS) is 18.0. The molecule has 10 nitrogen and oxygen atoms in total. The second kappa shape index (κ2) is 11.6. The van der Waals surface area contributed by atoms with Crippen molar-refractivity contribution in [2.45, 2.75) is 85.0 Å². The number of piperidine rings is 1. The lowest BCUT2D eigenvalue weighted by atomic mass is 9.86. The molecule has 0 unspecified atom stereocenters. The molecule has 0 spiro atoms. The number of carbonyl (C=O) groups excluding carboxylic acids is 2. The van der Waals surface area contributed by atoms with Crippen molar-refractivity contribution in [2.24, 2.45) is 0 Å². The SMILES string of the molecule is Cc1cc2c(cc1C1CCN(C(=O)OC(C)(C)C)CC1)N(C(=O)OC(C)(C)C)c1nccc(N3CCOCC3)c1CO2. The number of rotatable bonds is 2. The van der Waals surface area contributed by atoms with Gasteiger partial charge >= 0.3 is 12.2 Å². The van der Waals surface area contributed by atoms with Crippen molar-refractivity contribution in [3.8, 4) is 5.75 Å². The molecule has 2 fully saturated rings. The van der Waals surface area contributed by atoms with Gasteiger partial charge in [-0.15, -0.1) is 0 Å². The zero-order valence-electron chi connectivity index (χ0n) is 26.0. The van der Waals surface area contributed by atoms with Crippen LogP contribution in [0.5, 0.6) is 5.75 Å². The highest BCUT2D eigenvalue weighted by Gasteiger charge is 2.36. The van der Waals surface area contributed by atoms with E-state index in [-0.39, 0.29) is 18.6 Å². The molecule has 0 bridgehead atoms. The number of ether oxygens (including phenoxy) is 4. The van der Waals surface area contributed by atoms with Crippen molar-refractivity contribution in [3.63, 3.8) is 0 Å². The number of pyridine rings is 1. The van der Waals surface area contributed by atoms with E-state index in [9.17, 15) is 9.59 Å². The second-order valence-electron chi connectivity index (χ2n) is 13.3. The molecular formula is C32H44N4O6. The molecule has 0 N–H and O–H groups in total. The smallest absolute Gasteiger partial charge is 0.420 e. The first-order valence-corrected chi connectivity index (χ1v) is 14.9. The van der Waals surface area contributed by atoms with Crippen LogP contribution >= 0.6 is 0 Å². The molecule has 5 rings (SSSR count). The summed E-state index contributed by atoms with van der Waals surface area (Å²) >= 11 is 0. The van der Waals surface area contributed by atoms with E-state index in [0.717, 1.165) is 48.3 Å². The molecular weight excluding hydrogens is 536 g/mol. The van der Waals surface area contributed by atoms with Crippen molar-refractivity contribution in [1.82, 2.24) is 9.88 Å². The summed E-state index contributed by atoms with van der Waals surface area (Å²) in [5, 5.41) is 0. The summed E-state index contributed by atoms with van der Waals surface area (Å²) in [6.45, 7) is 17.6. The zero-order chi connectivity index (χ0) is 30.2. The Kier molecular flexibility index (Phi) is 8.29. The summed E-state index contributed by atoms with van der Waals surface area (Å²) in [6, 6.07) is 6.05. The fourth-order valence-corrected chi connectivity index (χ4v) is 5.78. The van der Waals surface area contributed by atoms with Gasteiger partial charge in [-0.25, -0.2) is 19.5 Å². The molecule has 2 saturated heterocycles. The Hall–Kier alpha value is -3.53. The van der Waals surface area contributed by atoms with Gasteiger partial charge in [0.25, 0.3) is 0 Å². The third-order valence-corrected chi connectivity index (χ3v) is 7.69. The molecule has 3 aliphatic heterocycles. The molecule has 0 aliphatic carbocycles. The molecule has 3 aliphatic rings. The van der Waals surface area contributed by atoms with Gasteiger partial charge < -0.3 is 28.7 Å². The van der Waals surface area contributed by atoms with Gasteiger partial charge in [0.05, 0.1) is 24.5 Å². The maximum Gasteiger partial charge on any atom is 0.420 e. The number of nitrogens with zero attached hydrogens (tertiary/aromatic N) is 4. The van der Waals surface area contributed by atoms with Gasteiger partial charge in [-0.3, -0.25) is 0 Å². The van der Waals surface area contributed by atoms with E-state index < -0.39 is 17.3 Å². The Bertz CT molecular complexity index is 1320. The summed E-state index contributed by atoms with van der Waals surface area (Å²) in [5.74, 6) is 1.34. The van der Waals surface area contributed by atoms with Gasteiger partial charge in [0, 0.05) is 38.1 Å². The van der Waals surface area contributed by atoms with E-state index in [1.54, 1.807) is 16.0 Å². The highest BCUT2D eigenvalue weighted by Crippen LogP contribution is 2.45. The van der Waals surface area contributed by atoms with Crippen molar-refractivity contribution in [1.29, 1.82) is 0 Å². The fraction of sp³-hybridized carbons (Fsp3) is 0.594. The van der Waals surface area contributed by atoms with E-state index in [0.29, 0.717) is 43.6 Å². The number of likely N-dealkylation sites (tertiary alicyclic amines) is 1. The van der Waals surface area contributed by atoms with Crippen LogP contribution in [0.3, 0.4) is 0 Å². The van der Waals surface area contributed by atoms with Crippen molar-refractivity contribution in [2.75, 3.05) is 49.2 Å². The van der Waals surface area contributed by atoms with Gasteiger partial charge in [-0.2, -0.15) is 0 Å². The summed E-state index contributed by atoms with van der Waals surface area (Å²) in [6.07, 6.45) is 2.55. The van der Waals surface area contributed by atoms with Crippen LogP contribution in [0.25, 0.3) is 0 Å². The van der Waals surface area contributed by atoms with Gasteiger partial charge in [0.2, 0.25) is 0 Å². The molecule has 1 aromatic heterocycles. The van der Waals surface area contributed by atoms with Crippen LogP contribution in [0.15, 0.2) is 24.4 Å². The first-order chi connectivity index (χ1) is 19.8. The molecule has 0 radical (unpaired) electrons. The first kappa shape index (κ1) is 29.9. The van der Waals surface area contributed by atoms with Crippen LogP contribution in [-0.2, 0) is 20.8 Å². The van der Waals surface area contributed by atoms with Crippen molar-refractivity contribution in [3.05, 3.63) is 41.1 Å². The minimum absolute atomic E-state index is 0.213. The van der Waals surface area contributed by atoms with Gasteiger partial charge in [0.1, 0.15) is 23.6 Å². The number of aryl methyl sites for hydroxylation is 1. The lowest BCUT2D eigenvalue weighted by Crippen LogP contribution is -2.41. The van der Waals surface area contributed by atoms with E-state index in [1.165, 1.54) is 0 Å². The van der Waals surface area contributed by atoms with Crippen LogP contribution in [0.4, 0.5) is 26.8 Å². The van der Waals surface area contributed by atoms with Gasteiger partial charge in [-0.05, 0) is 96.6 Å². The third-order valence-electron chi connectivity index (χ3n) is 7.69. The Morgan fingerprint density at radius 1 is 0.905 bits per heavy atom. The van der Waals surface area contributed by atoms with Crippen LogP contribution in [0, 0.1) is 6.92 Å². The standard InChI is InChI=1S/C32H44N4O6/c1-21-18-27-26(19-23(21)22-9-12-35(13-10-22)29(37)41-31(2,3)4)36(30(38)42-32(5,6)7)28-24(20-40-27)25(8-11-33-28)34-14-16-39-17-15-34/h8,11,18-19,22H,9-10,12-17,20H2,1-7H3. The van der Waals surface area contributed by atoms with Crippen LogP contribution < -0.4 is 14.5 Å². The predicted molar refractivity (Wildman–Crippen MR) is 161 cm³/mol. The van der Waals surface area contributed by atoms with E-state index in [1.807, 2.05) is 53.7 Å². The van der Waals surface area contributed by atoms with Crippen molar-refractivity contribution >= 4 is 29.4 Å². The van der Waals surface area contributed by atoms with Gasteiger partial charge in [0.15, 0.2) is 5.82 Å². The molecule has 1 aromatic carbocycles. The summed E-state index contributed by atoms with van der Waals surface area (Å²) in [5.41, 5.74) is 3.42. The van der Waals surface area contributed by atoms with Crippen LogP contribution in [0.1, 0.15) is 77.0 Å². The molecule has 42 heavy (non-hydrogen) atoms. The Morgan fingerprint density at radius 3 is 2.19 bits per heavy atom. The topological polar surface area (TPSA) is 93.7 Å². The first-order valence-electron chi connectivity index (χ1n) is 14.9. The number of morpholine rings is 1. The molecule has 228 valence electrons. The van der Waals surface area contributed by atoms with Crippen LogP contribution in [-0.4, -0.2) is 72.7 Å². The van der Waals surface area contributed by atoms with Crippen LogP contribution in [0.2, 0.25) is 0 Å². The number of fused-ring (bicyclic) bond motifs is 2. The molecule has 4 heterocycles. The summed E-state index contributed by atoms with van der Waals surface area (Å²) in [4.78, 5) is 36.9. The van der Waals surface area contributed by atoms with Crippen molar-refractivity contribution < 1.29 is 28.5 Å². The van der Waals surface area contributed by atoms with E-state index in [4.69, 9.17) is 23.9 Å². The lowest BCUT2D eigenvalue weighted by molar-refractivity contribution is 0.0204. The quantitative estimate of drug-likeness (QED) is 0.408. The Morgan fingerprint density at radius 2 is 1.55 bits per heavy atom. The number of hydrogen-bond donors (Lipinski definition) is 0. The molecule has 2 aromatic rings. The van der Waals surface area contributed by atoms with Gasteiger partial charge in [-0.1, -0.05) is 0 Å². The highest BCUT2D eigenvalue weighted by atomic mass is 16.6. The Balaban J connectivity index is 1.50. The van der Waals surface area contributed by atoms with E-state index in [2.05, 4.69) is 17.9 Å². The third kappa shape index (κ3) is 6.59. The Labute approximate surface area is 248 Å². The number of carbonyl (C=O) groups is 2. The predicted octanol–water partition coefficient (Wildman–Crippen LogP) is 6.31. The fourth-order valence-electron chi connectivity index (χ4n) is 5.78. The number of anilines is 3. The average Bonchev–Trinajstić information content (AvgIpc) is 3.08. The van der Waals surface area contributed by atoms with E-state index >= 15 is 0 Å². The highest BCUT2D eigenvalue weighted by molar-refractivity contribution is 5.99. The zero-order valence-corrected chi connectivity index (χ0v) is 26.0. The molecule has 0 atom stereocenters. The maximum atomic E-state index is 13.9. The summed E-state index contributed by atoms with van der Waals surface area (Å²) in [7, 11) is 0. The minimum atomic E-state index is -0.700. The average molecular weight is 581 g/mol. The lowest BCUT2D eigenvalue weighted by Gasteiger charge is -2.34. The number of amides is 2. The molecule has 10 heteroatoms. The second-order valence-corrected chi connectivity index (χ2v) is 13.3. The number of benzene rings is 1. The minimum Gasteiger partial charge on any atom is -0.486 e. The number of hydrogen-bond acceptors (Lipinski definition) is 8. The monoisotopic (exact) mass is 580 g/mol. The largest absolute Gasteiger partial charge is 0.486 e. The molecule has 2 amide bonds. The number of aromatic nitrogens is 1.